The van der Waals surface area contributed by atoms with Gasteiger partial charge in [-0.3, -0.25) is 28.7 Å². The number of benzene rings is 2. The van der Waals surface area contributed by atoms with Gasteiger partial charge >= 0.3 is 0 Å². The summed E-state index contributed by atoms with van der Waals surface area (Å²) in [6, 6.07) is 9.96. The summed E-state index contributed by atoms with van der Waals surface area (Å²) in [4.78, 5) is 68.6. The highest BCUT2D eigenvalue weighted by molar-refractivity contribution is 7.15. The minimum absolute atomic E-state index is 0.0327. The first kappa shape index (κ1) is 57.5. The van der Waals surface area contributed by atoms with E-state index in [0.717, 1.165) is 48.4 Å². The number of fused-ring (bicyclic) bond motifs is 5. The van der Waals surface area contributed by atoms with Crippen molar-refractivity contribution in [2.45, 2.75) is 98.1 Å². The van der Waals surface area contributed by atoms with Crippen molar-refractivity contribution in [3.63, 3.8) is 0 Å². The molecule has 23 heteroatoms. The van der Waals surface area contributed by atoms with Gasteiger partial charge in [0.25, 0.3) is 0 Å². The fourth-order valence-electron chi connectivity index (χ4n) is 9.29. The summed E-state index contributed by atoms with van der Waals surface area (Å²) in [5.41, 5.74) is 7.10. The number of aliphatic imine (C=N–C) groups is 1. The first-order valence-electron chi connectivity index (χ1n) is 25.7. The van der Waals surface area contributed by atoms with E-state index in [0.29, 0.717) is 28.0 Å². The molecule has 77 heavy (non-hydrogen) atoms. The Bertz CT molecular complexity index is 2900. The minimum Gasteiger partial charge on any atom is -0.491 e. The topological polar surface area (TPSA) is 239 Å². The summed E-state index contributed by atoms with van der Waals surface area (Å²) in [6.45, 7) is 14.7. The number of carbonyl (C=O) groups is 4. The molecule has 1 fully saturated rings. The number of hydrogen-bond acceptors (Lipinski definition) is 17. The van der Waals surface area contributed by atoms with Crippen LogP contribution in [0.5, 0.6) is 5.75 Å². The van der Waals surface area contributed by atoms with Crippen LogP contribution in [0.2, 0.25) is 5.02 Å². The van der Waals surface area contributed by atoms with Gasteiger partial charge < -0.3 is 54.4 Å². The third-order valence-electron chi connectivity index (χ3n) is 13.4. The Balaban J connectivity index is 0.954. The van der Waals surface area contributed by atoms with Crippen molar-refractivity contribution >= 4 is 63.6 Å². The van der Waals surface area contributed by atoms with Crippen LogP contribution in [-0.4, -0.2) is 163 Å². The zero-order chi connectivity index (χ0) is 54.8. The number of nitrogens with zero attached hydrogens (tertiary/aromatic N) is 6. The molecule has 1 saturated heterocycles. The van der Waals surface area contributed by atoms with Crippen molar-refractivity contribution in [3.05, 3.63) is 97.5 Å². The highest BCUT2D eigenvalue weighted by Gasteiger charge is 2.44. The maximum atomic E-state index is 14.2. The number of amides is 4. The molecule has 5 aromatic rings. The molecule has 8 rings (SSSR count). The number of aliphatic hydroxyl groups is 1. The molecule has 0 saturated carbocycles. The fourth-order valence-corrected chi connectivity index (χ4v) is 11.4. The third-order valence-corrected chi connectivity index (χ3v) is 15.8. The Kier molecular flexibility index (Phi) is 19.6. The van der Waals surface area contributed by atoms with Gasteiger partial charge in [0, 0.05) is 46.1 Å². The smallest absolute Gasteiger partial charge is 0.246 e. The largest absolute Gasteiger partial charge is 0.491 e. The molecule has 3 aromatic heterocycles. The molecule has 6 heterocycles. The van der Waals surface area contributed by atoms with Crippen LogP contribution in [0.3, 0.4) is 0 Å². The van der Waals surface area contributed by atoms with Gasteiger partial charge in [0.05, 0.1) is 99.8 Å². The molecule has 3 aliphatic heterocycles. The number of carbonyl (C=O) groups excluding carboxylic acids is 4. The number of aryl methyl sites for hydroxylation is 3. The average molecular weight is 1120 g/mol. The van der Waals surface area contributed by atoms with Crippen molar-refractivity contribution in [1.29, 1.82) is 0 Å². The maximum Gasteiger partial charge on any atom is 0.246 e. The summed E-state index contributed by atoms with van der Waals surface area (Å²) < 4.78 is 37.7. The van der Waals surface area contributed by atoms with Gasteiger partial charge in [-0.2, -0.15) is 0 Å². The zero-order valence-corrected chi connectivity index (χ0v) is 46.9. The lowest BCUT2D eigenvalue weighted by atomic mass is 9.85. The number of aromatic nitrogens is 4. The number of thiophene rings is 1. The number of ether oxygens (including phenoxy) is 6. The van der Waals surface area contributed by atoms with E-state index < -0.39 is 53.4 Å². The van der Waals surface area contributed by atoms with Gasteiger partial charge in [-0.05, 0) is 62.4 Å². The Morgan fingerprint density at radius 3 is 2.25 bits per heavy atom. The van der Waals surface area contributed by atoms with Crippen LogP contribution in [0.25, 0.3) is 15.4 Å². The fraction of sp³-hybridized carbons (Fsp3) is 0.519. The van der Waals surface area contributed by atoms with Crippen molar-refractivity contribution in [2.24, 2.45) is 10.4 Å². The minimum atomic E-state index is -1.03. The van der Waals surface area contributed by atoms with Crippen LogP contribution in [0.15, 0.2) is 53.0 Å². The summed E-state index contributed by atoms with van der Waals surface area (Å²) in [7, 11) is 0. The molecule has 20 nitrogen and oxygen atoms in total. The normalized spacial score (nSPS) is 22.3. The summed E-state index contributed by atoms with van der Waals surface area (Å²) in [5, 5.41) is 30.1. The van der Waals surface area contributed by atoms with Gasteiger partial charge in [-0.1, -0.05) is 56.6 Å². The lowest BCUT2D eigenvalue weighted by molar-refractivity contribution is -0.144. The standard InChI is InChI=1S/C54H68ClN9O11S2/c1-31-33(3)77-53-46(31)47(35-10-12-38(55)13-11-35)59-41(50-62-61-34(4)64(50)53)24-44(66)58-39-27-72-17-14-70-16-19-74-29-45(67)60-49(54(5,6)7)52(69)63-26-40(65)23-42(63)51(68)56-25-37-9-8-36(48-32(2)57-30-76-48)22-43(37)75-21-20-71-15-18-73-28-39/h8-13,22,30,39-42,49,65H,14-21,23-29H2,1-7H3,(H,56,68)(H,58,66)(H,60,67)/t39-,40+,41+,42-,49+/m0/s1. The summed E-state index contributed by atoms with van der Waals surface area (Å²) >= 11 is 9.45. The molecule has 2 aromatic carbocycles. The number of nitrogens with one attached hydrogen (secondary N) is 3. The van der Waals surface area contributed by atoms with Crippen molar-refractivity contribution in [1.82, 2.24) is 40.6 Å². The maximum absolute atomic E-state index is 14.2. The van der Waals surface area contributed by atoms with Crippen molar-refractivity contribution < 1.29 is 52.7 Å². The van der Waals surface area contributed by atoms with E-state index in [2.05, 4.69) is 45.0 Å². The quantitative estimate of drug-likeness (QED) is 0.173. The highest BCUT2D eigenvalue weighted by Crippen LogP contribution is 2.40. The monoisotopic (exact) mass is 1120 g/mol. The van der Waals surface area contributed by atoms with Gasteiger partial charge in [-0.25, -0.2) is 4.98 Å². The summed E-state index contributed by atoms with van der Waals surface area (Å²) in [5.74, 6) is -0.00892. The van der Waals surface area contributed by atoms with Crippen molar-refractivity contribution in [3.8, 4) is 21.2 Å². The molecule has 414 valence electrons. The van der Waals surface area contributed by atoms with E-state index in [1.807, 2.05) is 81.7 Å². The van der Waals surface area contributed by atoms with E-state index >= 15 is 0 Å². The molecule has 4 amide bonds. The Morgan fingerprint density at radius 1 is 0.883 bits per heavy atom. The Labute approximate surface area is 461 Å². The highest BCUT2D eigenvalue weighted by atomic mass is 35.5. The Morgan fingerprint density at radius 2 is 1.56 bits per heavy atom. The van der Waals surface area contributed by atoms with Gasteiger partial charge in [0.1, 0.15) is 47.9 Å². The average Bonchev–Trinajstić information content (AvgIpc) is 4.16. The lowest BCUT2D eigenvalue weighted by Crippen LogP contribution is -2.58. The third kappa shape index (κ3) is 14.5. The molecule has 0 radical (unpaired) electrons. The first-order chi connectivity index (χ1) is 37.0. The van der Waals surface area contributed by atoms with E-state index in [9.17, 15) is 24.3 Å². The SMILES string of the molecule is Cc1ncsc1-c1ccc2c(c1)OCCOCCOC[C@@H](NC(=O)C[C@H]1N=C(c3ccc(Cl)cc3)c3c(sc(C)c3C)-n3c(C)nnc31)COCCOCCOCC(=O)N[C@@H](C(C)(C)C)C(=O)N1C[C@H](O)C[C@H]1C(=O)NC2. The molecule has 3 aliphatic rings. The number of rotatable bonds is 5. The van der Waals surface area contributed by atoms with Crippen LogP contribution in [0.4, 0.5) is 0 Å². The number of thiazole rings is 1. The number of aliphatic hydroxyl groups excluding tert-OH is 1. The van der Waals surface area contributed by atoms with E-state index in [1.165, 1.54) is 16.2 Å². The van der Waals surface area contributed by atoms with E-state index in [-0.39, 0.29) is 105 Å². The van der Waals surface area contributed by atoms with Crippen LogP contribution in [0, 0.1) is 33.1 Å². The second-order valence-electron chi connectivity index (χ2n) is 20.2. The summed E-state index contributed by atoms with van der Waals surface area (Å²) in [6.07, 6.45) is -0.944. The molecule has 4 N–H and O–H groups in total. The predicted molar refractivity (Wildman–Crippen MR) is 291 cm³/mol. The second kappa shape index (κ2) is 26.3. The van der Waals surface area contributed by atoms with E-state index in [4.69, 9.17) is 45.0 Å². The molecule has 0 bridgehead atoms. The van der Waals surface area contributed by atoms with Crippen LogP contribution >= 0.6 is 34.3 Å². The van der Waals surface area contributed by atoms with E-state index in [1.54, 1.807) is 16.8 Å². The first-order valence-corrected chi connectivity index (χ1v) is 27.8. The second-order valence-corrected chi connectivity index (χ2v) is 22.7. The van der Waals surface area contributed by atoms with Crippen molar-refractivity contribution in [2.75, 3.05) is 79.2 Å². The molecular formula is C54H68ClN9O11S2. The lowest BCUT2D eigenvalue weighted by Gasteiger charge is -2.35. The van der Waals surface area contributed by atoms with Gasteiger partial charge in [0.15, 0.2) is 5.82 Å². The predicted octanol–water partition coefficient (Wildman–Crippen LogP) is 5.39. The van der Waals surface area contributed by atoms with Gasteiger partial charge in [0.2, 0.25) is 23.6 Å². The van der Waals surface area contributed by atoms with Crippen LogP contribution in [-0.2, 0) is 49.4 Å². The molecular weight excluding hydrogens is 1050 g/mol. The number of hydrogen-bond donors (Lipinski definition) is 4. The van der Waals surface area contributed by atoms with Gasteiger partial charge in [-0.15, -0.1) is 32.9 Å². The molecule has 5 atom stereocenters. The zero-order valence-electron chi connectivity index (χ0n) is 44.5. The molecule has 0 aliphatic carbocycles. The molecule has 0 unspecified atom stereocenters. The Hall–Kier alpha value is -5.69. The van der Waals surface area contributed by atoms with Crippen LogP contribution < -0.4 is 20.7 Å². The van der Waals surface area contributed by atoms with Crippen LogP contribution in [0.1, 0.15) is 84.1 Å². The number of halogens is 1. The molecule has 0 spiro atoms.